The zero-order valence-corrected chi connectivity index (χ0v) is 14.2. The third kappa shape index (κ3) is 2.30. The molecule has 0 radical (unpaired) electrons. The van der Waals surface area contributed by atoms with E-state index in [0.717, 1.165) is 4.57 Å². The molecule has 0 fully saturated rings. The average molecular weight is 357 g/mol. The van der Waals surface area contributed by atoms with E-state index < -0.39 is 11.2 Å². The number of aromatic nitrogens is 6. The van der Waals surface area contributed by atoms with Crippen molar-refractivity contribution in [1.82, 2.24) is 28.9 Å². The summed E-state index contributed by atoms with van der Waals surface area (Å²) in [5.41, 5.74) is 0.950. The summed E-state index contributed by atoms with van der Waals surface area (Å²) in [4.78, 5) is 31.8. The summed E-state index contributed by atoms with van der Waals surface area (Å²) in [5, 5.41) is 4.74. The summed E-state index contributed by atoms with van der Waals surface area (Å²) in [5.74, 6) is 0.497. The van der Waals surface area contributed by atoms with Gasteiger partial charge in [0.15, 0.2) is 17.0 Å². The average Bonchev–Trinajstić information content (AvgIpc) is 3.17. The molecule has 3 heterocycles. The van der Waals surface area contributed by atoms with Crippen molar-refractivity contribution in [3.63, 3.8) is 0 Å². The Labute approximate surface area is 145 Å². The van der Waals surface area contributed by atoms with E-state index in [-0.39, 0.29) is 11.2 Å². The minimum absolute atomic E-state index is 0.222. The Morgan fingerprint density at radius 3 is 2.44 bits per heavy atom. The Morgan fingerprint density at radius 1 is 1.08 bits per heavy atom. The quantitative estimate of drug-likeness (QED) is 0.588. The van der Waals surface area contributed by atoms with Crippen LogP contribution in [0.4, 0.5) is 0 Å². The van der Waals surface area contributed by atoms with Gasteiger partial charge in [-0.3, -0.25) is 23.6 Å². The molecule has 3 aromatic heterocycles. The van der Waals surface area contributed by atoms with Crippen LogP contribution < -0.4 is 11.2 Å². The molecular formula is C16H13ClN6O2. The normalized spacial score (nSPS) is 11.3. The molecule has 0 unspecified atom stereocenters. The third-order valence-corrected chi connectivity index (χ3v) is 4.30. The van der Waals surface area contributed by atoms with Crippen LogP contribution in [0.5, 0.6) is 0 Å². The summed E-state index contributed by atoms with van der Waals surface area (Å²) in [6.07, 6.45) is 1.64. The fourth-order valence-electron chi connectivity index (χ4n) is 2.75. The highest BCUT2D eigenvalue weighted by Gasteiger charge is 2.20. The fraction of sp³-hybridized carbons (Fsp3) is 0.125. The standard InChI is InChI=1S/C16H13ClN6O2/c1-21-15(24)12-13(20-16(21)25)19-14(11-7-8-18-22(11)2)23(12)10-5-3-9(17)4-6-10/h3-8H,1-2H3,(H,20,25). The maximum absolute atomic E-state index is 12.7. The molecule has 0 aliphatic heterocycles. The number of hydrogen-bond donors (Lipinski definition) is 1. The van der Waals surface area contributed by atoms with E-state index in [1.54, 1.807) is 52.8 Å². The van der Waals surface area contributed by atoms with Gasteiger partial charge in [-0.25, -0.2) is 9.78 Å². The first kappa shape index (κ1) is 15.4. The molecule has 1 N–H and O–H groups in total. The zero-order valence-electron chi connectivity index (χ0n) is 13.4. The maximum Gasteiger partial charge on any atom is 0.329 e. The lowest BCUT2D eigenvalue weighted by Gasteiger charge is -2.09. The smallest absolute Gasteiger partial charge is 0.290 e. The van der Waals surface area contributed by atoms with Crippen molar-refractivity contribution in [1.29, 1.82) is 0 Å². The SMILES string of the molecule is Cn1nccc1-c1nc2[nH]c(=O)n(C)c(=O)c2n1-c1ccc(Cl)cc1. The number of imidazole rings is 1. The van der Waals surface area contributed by atoms with Gasteiger partial charge in [0.1, 0.15) is 5.69 Å². The number of aromatic amines is 1. The van der Waals surface area contributed by atoms with Crippen LogP contribution in [0.2, 0.25) is 5.02 Å². The number of hydrogen-bond acceptors (Lipinski definition) is 4. The minimum atomic E-state index is -0.519. The van der Waals surface area contributed by atoms with Gasteiger partial charge in [-0.1, -0.05) is 11.6 Å². The van der Waals surface area contributed by atoms with E-state index in [1.807, 2.05) is 0 Å². The molecule has 0 aliphatic carbocycles. The highest BCUT2D eigenvalue weighted by atomic mass is 35.5. The van der Waals surface area contributed by atoms with Gasteiger partial charge in [0.05, 0.1) is 0 Å². The van der Waals surface area contributed by atoms with Crippen molar-refractivity contribution < 1.29 is 0 Å². The van der Waals surface area contributed by atoms with Gasteiger partial charge >= 0.3 is 5.69 Å². The van der Waals surface area contributed by atoms with Crippen molar-refractivity contribution in [3.8, 4) is 17.2 Å². The molecule has 25 heavy (non-hydrogen) atoms. The number of nitrogens with one attached hydrogen (secondary N) is 1. The first-order valence-corrected chi connectivity index (χ1v) is 7.81. The highest BCUT2D eigenvalue weighted by Crippen LogP contribution is 2.26. The van der Waals surface area contributed by atoms with Crippen LogP contribution in [0.3, 0.4) is 0 Å². The van der Waals surface area contributed by atoms with Crippen LogP contribution in [-0.2, 0) is 14.1 Å². The first-order chi connectivity index (χ1) is 12.0. The molecule has 0 atom stereocenters. The van der Waals surface area contributed by atoms with Gasteiger partial charge in [0.25, 0.3) is 5.56 Å². The van der Waals surface area contributed by atoms with Crippen LogP contribution in [0.15, 0.2) is 46.1 Å². The predicted molar refractivity (Wildman–Crippen MR) is 94.1 cm³/mol. The summed E-state index contributed by atoms with van der Waals surface area (Å²) in [6.45, 7) is 0. The van der Waals surface area contributed by atoms with E-state index in [1.165, 1.54) is 7.05 Å². The van der Waals surface area contributed by atoms with Crippen molar-refractivity contribution >= 4 is 22.8 Å². The molecule has 9 heteroatoms. The second-order valence-electron chi connectivity index (χ2n) is 5.58. The number of H-pyrrole nitrogens is 1. The van der Waals surface area contributed by atoms with Gasteiger partial charge in [-0.15, -0.1) is 0 Å². The largest absolute Gasteiger partial charge is 0.329 e. The highest BCUT2D eigenvalue weighted by molar-refractivity contribution is 6.30. The molecule has 126 valence electrons. The molecule has 4 aromatic rings. The lowest BCUT2D eigenvalue weighted by molar-refractivity contribution is 0.768. The van der Waals surface area contributed by atoms with Gasteiger partial charge in [-0.05, 0) is 30.3 Å². The van der Waals surface area contributed by atoms with E-state index >= 15 is 0 Å². The van der Waals surface area contributed by atoms with Crippen LogP contribution in [-0.4, -0.2) is 28.9 Å². The van der Waals surface area contributed by atoms with Gasteiger partial charge in [0.2, 0.25) is 0 Å². The van der Waals surface area contributed by atoms with Gasteiger partial charge in [0, 0.05) is 31.0 Å². The molecular weight excluding hydrogens is 344 g/mol. The van der Waals surface area contributed by atoms with Crippen molar-refractivity contribution in [2.24, 2.45) is 14.1 Å². The van der Waals surface area contributed by atoms with Crippen molar-refractivity contribution in [3.05, 3.63) is 62.4 Å². The van der Waals surface area contributed by atoms with E-state index in [0.29, 0.717) is 22.2 Å². The zero-order chi connectivity index (χ0) is 17.7. The number of rotatable bonds is 2. The second kappa shape index (κ2) is 5.45. The molecule has 0 aliphatic rings. The Hall–Kier alpha value is -3.13. The number of fused-ring (bicyclic) bond motifs is 1. The summed E-state index contributed by atoms with van der Waals surface area (Å²) in [6, 6.07) is 8.82. The molecule has 4 rings (SSSR count). The summed E-state index contributed by atoms with van der Waals surface area (Å²) < 4.78 is 4.36. The number of aryl methyl sites for hydroxylation is 1. The molecule has 0 amide bonds. The van der Waals surface area contributed by atoms with Crippen LogP contribution >= 0.6 is 11.6 Å². The molecule has 8 nitrogen and oxygen atoms in total. The Kier molecular flexibility index (Phi) is 3.36. The Bertz CT molecular complexity index is 1210. The summed E-state index contributed by atoms with van der Waals surface area (Å²) >= 11 is 5.98. The molecule has 0 bridgehead atoms. The molecule has 0 saturated heterocycles. The molecule has 0 spiro atoms. The number of nitrogens with zero attached hydrogens (tertiary/aromatic N) is 5. The van der Waals surface area contributed by atoms with Crippen LogP contribution in [0.25, 0.3) is 28.4 Å². The van der Waals surface area contributed by atoms with E-state index in [9.17, 15) is 9.59 Å². The van der Waals surface area contributed by atoms with Gasteiger partial charge in [-0.2, -0.15) is 5.10 Å². The van der Waals surface area contributed by atoms with Gasteiger partial charge < -0.3 is 0 Å². The number of halogens is 1. The van der Waals surface area contributed by atoms with E-state index in [4.69, 9.17) is 11.6 Å². The second-order valence-corrected chi connectivity index (χ2v) is 6.02. The molecule has 1 aromatic carbocycles. The van der Waals surface area contributed by atoms with Crippen LogP contribution in [0, 0.1) is 0 Å². The third-order valence-electron chi connectivity index (χ3n) is 4.05. The first-order valence-electron chi connectivity index (χ1n) is 7.43. The van der Waals surface area contributed by atoms with Crippen molar-refractivity contribution in [2.45, 2.75) is 0 Å². The number of benzene rings is 1. The molecule has 0 saturated carbocycles. The lowest BCUT2D eigenvalue weighted by Crippen LogP contribution is -2.33. The monoisotopic (exact) mass is 356 g/mol. The minimum Gasteiger partial charge on any atom is -0.290 e. The van der Waals surface area contributed by atoms with E-state index in [2.05, 4.69) is 15.1 Å². The van der Waals surface area contributed by atoms with Crippen molar-refractivity contribution in [2.75, 3.05) is 0 Å². The summed E-state index contributed by atoms with van der Waals surface area (Å²) in [7, 11) is 3.20. The lowest BCUT2D eigenvalue weighted by atomic mass is 10.3. The maximum atomic E-state index is 12.7. The topological polar surface area (TPSA) is 90.5 Å². The van der Waals surface area contributed by atoms with Crippen LogP contribution in [0.1, 0.15) is 0 Å². The Morgan fingerprint density at radius 2 is 1.80 bits per heavy atom. The Balaban J connectivity index is 2.18. The predicted octanol–water partition coefficient (Wildman–Crippen LogP) is 1.47. The fourth-order valence-corrected chi connectivity index (χ4v) is 2.87.